The largest absolute Gasteiger partial charge is 0.482 e. The van der Waals surface area contributed by atoms with E-state index in [0.717, 1.165) is 5.69 Å². The number of hydrogen-bond acceptors (Lipinski definition) is 3. The molecule has 0 saturated carbocycles. The lowest BCUT2D eigenvalue weighted by molar-refractivity contribution is 0.448. The third-order valence-electron chi connectivity index (χ3n) is 2.68. The topological polar surface area (TPSA) is 66.5 Å². The van der Waals surface area contributed by atoms with E-state index < -0.39 is 0 Å². The van der Waals surface area contributed by atoms with Gasteiger partial charge in [0.25, 0.3) is 0 Å². The first-order chi connectivity index (χ1) is 10.8. The fourth-order valence-corrected chi connectivity index (χ4v) is 1.71. The summed E-state index contributed by atoms with van der Waals surface area (Å²) in [7, 11) is 0. The first-order valence-corrected chi connectivity index (χ1v) is 6.79. The lowest BCUT2D eigenvalue weighted by Crippen LogP contribution is -1.79. The molecule has 3 nitrogen and oxygen atoms in total. The van der Waals surface area contributed by atoms with Crippen LogP contribution in [-0.2, 0) is 0 Å². The molecule has 3 aromatic rings. The molecule has 0 fully saturated rings. The van der Waals surface area contributed by atoms with Crippen molar-refractivity contribution < 1.29 is 10.0 Å². The van der Waals surface area contributed by atoms with E-state index in [2.05, 4.69) is 48.5 Å². The number of para-hydroxylation sites is 1. The predicted molar refractivity (Wildman–Crippen MR) is 92.9 cm³/mol. The molecular weight excluding hydrogens is 273 g/mol. The van der Waals surface area contributed by atoms with E-state index in [0.29, 0.717) is 0 Å². The van der Waals surface area contributed by atoms with Gasteiger partial charge in [-0.15, -0.1) is 0 Å². The van der Waals surface area contributed by atoms with Crippen LogP contribution in [-0.4, -0.2) is 17.7 Å². The van der Waals surface area contributed by atoms with Gasteiger partial charge in [-0.1, -0.05) is 78.9 Å². The standard InChI is InChI=1S/C12H10.C6H7N.BH2O2/c1-3-7-11(8-4-1)12-9-5-2-6-10-12;7-6-4-2-1-3-5-6;2-1-3/h1-10H;1-5H,7H2;2-3H. The molecule has 0 heterocycles. The summed E-state index contributed by atoms with van der Waals surface area (Å²) in [6.07, 6.45) is 0. The second-order valence-electron chi connectivity index (χ2n) is 4.26. The molecule has 4 N–H and O–H groups in total. The highest BCUT2D eigenvalue weighted by Crippen LogP contribution is 2.17. The van der Waals surface area contributed by atoms with Gasteiger partial charge in [0, 0.05) is 5.69 Å². The Morgan fingerprint density at radius 3 is 1.05 bits per heavy atom. The molecule has 22 heavy (non-hydrogen) atoms. The number of rotatable bonds is 1. The van der Waals surface area contributed by atoms with Gasteiger partial charge in [-0.3, -0.25) is 0 Å². The number of benzene rings is 3. The zero-order valence-electron chi connectivity index (χ0n) is 12.2. The van der Waals surface area contributed by atoms with Gasteiger partial charge in [0.2, 0.25) is 0 Å². The van der Waals surface area contributed by atoms with Gasteiger partial charge in [0.05, 0.1) is 0 Å². The van der Waals surface area contributed by atoms with Crippen LogP contribution in [0.4, 0.5) is 5.69 Å². The van der Waals surface area contributed by atoms with Crippen molar-refractivity contribution in [2.24, 2.45) is 0 Å². The van der Waals surface area contributed by atoms with E-state index in [1.54, 1.807) is 0 Å². The molecule has 0 unspecified atom stereocenters. The van der Waals surface area contributed by atoms with Crippen LogP contribution in [0.1, 0.15) is 0 Å². The van der Waals surface area contributed by atoms with Gasteiger partial charge in [0.1, 0.15) is 0 Å². The van der Waals surface area contributed by atoms with Crippen LogP contribution in [0.15, 0.2) is 91.0 Å². The Kier molecular flexibility index (Phi) is 8.86. The van der Waals surface area contributed by atoms with Crippen molar-refractivity contribution in [2.45, 2.75) is 0 Å². The minimum absolute atomic E-state index is 0. The zero-order chi connectivity index (χ0) is 16.0. The Morgan fingerprint density at radius 1 is 0.545 bits per heavy atom. The SMILES string of the molecule is Nc1ccccc1.O[B]O.c1ccc(-c2ccccc2)cc1. The van der Waals surface area contributed by atoms with Crippen molar-refractivity contribution in [2.75, 3.05) is 5.73 Å². The number of nitrogens with two attached hydrogens (primary N) is 1. The fourth-order valence-electron chi connectivity index (χ4n) is 1.71. The van der Waals surface area contributed by atoms with Crippen molar-refractivity contribution in [1.29, 1.82) is 0 Å². The average Bonchev–Trinajstić information content (AvgIpc) is 2.59. The Bertz CT molecular complexity index is 566. The van der Waals surface area contributed by atoms with Gasteiger partial charge in [-0.05, 0) is 23.3 Å². The van der Waals surface area contributed by atoms with Gasteiger partial charge >= 0.3 is 7.69 Å². The van der Waals surface area contributed by atoms with Gasteiger partial charge < -0.3 is 15.8 Å². The average molecular weight is 292 g/mol. The first-order valence-electron chi connectivity index (χ1n) is 6.79. The van der Waals surface area contributed by atoms with E-state index >= 15 is 0 Å². The zero-order valence-corrected chi connectivity index (χ0v) is 12.2. The molecule has 0 aliphatic rings. The van der Waals surface area contributed by atoms with Crippen molar-refractivity contribution in [3.8, 4) is 11.1 Å². The maximum atomic E-state index is 7.00. The number of anilines is 1. The molecule has 111 valence electrons. The Labute approximate surface area is 132 Å². The van der Waals surface area contributed by atoms with Crippen molar-refractivity contribution >= 4 is 13.4 Å². The molecule has 4 heteroatoms. The van der Waals surface area contributed by atoms with E-state index in [-0.39, 0.29) is 7.69 Å². The highest BCUT2D eigenvalue weighted by Gasteiger charge is 1.91. The molecule has 0 bridgehead atoms. The second-order valence-corrected chi connectivity index (χ2v) is 4.26. The Morgan fingerprint density at radius 2 is 0.818 bits per heavy atom. The molecule has 0 aliphatic heterocycles. The van der Waals surface area contributed by atoms with E-state index in [9.17, 15) is 0 Å². The van der Waals surface area contributed by atoms with Crippen LogP contribution in [0, 0.1) is 0 Å². The summed E-state index contributed by atoms with van der Waals surface area (Å²) < 4.78 is 0. The summed E-state index contributed by atoms with van der Waals surface area (Å²) in [5.41, 5.74) is 8.73. The van der Waals surface area contributed by atoms with Crippen LogP contribution in [0.3, 0.4) is 0 Å². The third-order valence-corrected chi connectivity index (χ3v) is 2.68. The monoisotopic (exact) mass is 292 g/mol. The van der Waals surface area contributed by atoms with Gasteiger partial charge in [0.15, 0.2) is 0 Å². The summed E-state index contributed by atoms with van der Waals surface area (Å²) in [6.45, 7) is 0. The molecule has 0 spiro atoms. The molecule has 3 aromatic carbocycles. The summed E-state index contributed by atoms with van der Waals surface area (Å²) >= 11 is 0. The quantitative estimate of drug-likeness (QED) is 0.477. The Balaban J connectivity index is 0.000000206. The van der Waals surface area contributed by atoms with Gasteiger partial charge in [-0.25, -0.2) is 0 Å². The lowest BCUT2D eigenvalue weighted by Gasteiger charge is -1.98. The molecule has 0 saturated heterocycles. The summed E-state index contributed by atoms with van der Waals surface area (Å²) in [6, 6.07) is 30.3. The lowest BCUT2D eigenvalue weighted by atomic mass is 10.1. The van der Waals surface area contributed by atoms with E-state index in [1.165, 1.54) is 11.1 Å². The van der Waals surface area contributed by atoms with Crippen LogP contribution < -0.4 is 5.73 Å². The molecule has 0 amide bonds. The van der Waals surface area contributed by atoms with Crippen LogP contribution >= 0.6 is 0 Å². The first kappa shape index (κ1) is 17.5. The van der Waals surface area contributed by atoms with Crippen molar-refractivity contribution in [3.05, 3.63) is 91.0 Å². The normalized spacial score (nSPS) is 8.64. The molecule has 0 aliphatic carbocycles. The summed E-state index contributed by atoms with van der Waals surface area (Å²) in [5, 5.41) is 14.0. The molecule has 1 radical (unpaired) electrons. The highest BCUT2D eigenvalue weighted by molar-refractivity contribution is 6.13. The van der Waals surface area contributed by atoms with Gasteiger partial charge in [-0.2, -0.15) is 0 Å². The smallest absolute Gasteiger partial charge is 0.429 e. The van der Waals surface area contributed by atoms with Crippen LogP contribution in [0.5, 0.6) is 0 Å². The maximum Gasteiger partial charge on any atom is 0.482 e. The van der Waals surface area contributed by atoms with E-state index in [4.69, 9.17) is 15.8 Å². The van der Waals surface area contributed by atoms with E-state index in [1.807, 2.05) is 42.5 Å². The molecular formula is C18H19BNO2. The van der Waals surface area contributed by atoms with Crippen molar-refractivity contribution in [1.82, 2.24) is 0 Å². The molecule has 0 atom stereocenters. The summed E-state index contributed by atoms with van der Waals surface area (Å²) in [5.74, 6) is 0. The highest BCUT2D eigenvalue weighted by atomic mass is 16.4. The third kappa shape index (κ3) is 7.29. The van der Waals surface area contributed by atoms with Crippen LogP contribution in [0.25, 0.3) is 11.1 Å². The summed E-state index contributed by atoms with van der Waals surface area (Å²) in [4.78, 5) is 0. The fraction of sp³-hybridized carbons (Fsp3) is 0. The molecule has 3 rings (SSSR count). The molecule has 0 aromatic heterocycles. The minimum Gasteiger partial charge on any atom is -0.429 e. The number of hydrogen-bond donors (Lipinski definition) is 3. The van der Waals surface area contributed by atoms with Crippen molar-refractivity contribution in [3.63, 3.8) is 0 Å². The number of nitrogen functional groups attached to an aromatic ring is 1. The second kappa shape index (κ2) is 11.1. The van der Waals surface area contributed by atoms with Crippen LogP contribution in [0.2, 0.25) is 0 Å². The Hall–Kier alpha value is -2.56. The maximum absolute atomic E-state index is 7.00. The predicted octanol–water partition coefficient (Wildman–Crippen LogP) is 3.13. The minimum atomic E-state index is 0.